The predicted molar refractivity (Wildman–Crippen MR) is 170 cm³/mol. The normalized spacial score (nSPS) is 25.5. The third kappa shape index (κ3) is 6.17. The summed E-state index contributed by atoms with van der Waals surface area (Å²) in [6.07, 6.45) is 3.44. The number of nitrogens with zero attached hydrogens (tertiary/aromatic N) is 3. The highest BCUT2D eigenvalue weighted by Crippen LogP contribution is 2.44. The van der Waals surface area contributed by atoms with Crippen LogP contribution in [0.25, 0.3) is 5.57 Å². The number of imide groups is 1. The molecule has 3 atom stereocenters. The average molecular weight is 635 g/mol. The molecule has 0 spiro atoms. The van der Waals surface area contributed by atoms with Crippen molar-refractivity contribution >= 4 is 40.8 Å². The molecule has 2 aromatic carbocycles. The first-order valence-corrected chi connectivity index (χ1v) is 16.2. The summed E-state index contributed by atoms with van der Waals surface area (Å²) in [5, 5.41) is 2.98. The molecule has 3 unspecified atom stereocenters. The number of nitrogens with one attached hydrogen (secondary N) is 1. The highest BCUT2D eigenvalue weighted by molar-refractivity contribution is 6.30. The zero-order valence-corrected chi connectivity index (χ0v) is 27.0. The van der Waals surface area contributed by atoms with Gasteiger partial charge in [0, 0.05) is 55.3 Å². The van der Waals surface area contributed by atoms with E-state index in [9.17, 15) is 19.2 Å². The van der Waals surface area contributed by atoms with Gasteiger partial charge in [0.15, 0.2) is 0 Å². The van der Waals surface area contributed by atoms with Crippen LogP contribution in [0.1, 0.15) is 91.6 Å². The molecule has 0 bridgehead atoms. The van der Waals surface area contributed by atoms with Gasteiger partial charge in [0.05, 0.1) is 5.56 Å². The van der Waals surface area contributed by atoms with Gasteiger partial charge in [-0.2, -0.15) is 0 Å². The van der Waals surface area contributed by atoms with Gasteiger partial charge >= 0.3 is 0 Å². The van der Waals surface area contributed by atoms with E-state index in [0.29, 0.717) is 18.7 Å². The van der Waals surface area contributed by atoms with Crippen LogP contribution in [-0.4, -0.2) is 76.1 Å². The SMILES string of the molecule is CC1CN(C(=O)c2cc(F)c3c(c2)CN(C2CCC(=O)NC2=O)C3=O)CC(C)N1CC1=C(c2ccc(Cl)cc2)CC(C)(C)CC1. The van der Waals surface area contributed by atoms with Crippen LogP contribution >= 0.6 is 11.6 Å². The second-order valence-electron chi connectivity index (χ2n) is 13.9. The number of allylic oxidation sites excluding steroid dienone is 1. The Labute approximate surface area is 268 Å². The van der Waals surface area contributed by atoms with E-state index >= 15 is 4.39 Å². The molecule has 8 nitrogen and oxygen atoms in total. The quantitative estimate of drug-likeness (QED) is 0.443. The summed E-state index contributed by atoms with van der Waals surface area (Å²) < 4.78 is 15.4. The smallest absolute Gasteiger partial charge is 0.258 e. The summed E-state index contributed by atoms with van der Waals surface area (Å²) in [5.41, 5.74) is 4.72. The monoisotopic (exact) mass is 634 g/mol. The molecule has 3 heterocycles. The number of piperidine rings is 1. The predicted octanol–water partition coefficient (Wildman–Crippen LogP) is 5.44. The Morgan fingerprint density at radius 3 is 2.40 bits per heavy atom. The van der Waals surface area contributed by atoms with Gasteiger partial charge in [-0.05, 0) is 85.9 Å². The molecule has 10 heteroatoms. The minimum absolute atomic E-state index is 0.0148. The summed E-state index contributed by atoms with van der Waals surface area (Å²) in [5.74, 6) is -2.58. The molecule has 6 rings (SSSR count). The van der Waals surface area contributed by atoms with Crippen molar-refractivity contribution in [3.63, 3.8) is 0 Å². The third-order valence-corrected chi connectivity index (χ3v) is 10.2. The van der Waals surface area contributed by atoms with Crippen molar-refractivity contribution in [3.05, 3.63) is 75.1 Å². The fourth-order valence-electron chi connectivity index (χ4n) is 7.48. The van der Waals surface area contributed by atoms with E-state index in [4.69, 9.17) is 11.6 Å². The highest BCUT2D eigenvalue weighted by Gasteiger charge is 2.41. The van der Waals surface area contributed by atoms with Crippen LogP contribution < -0.4 is 5.32 Å². The van der Waals surface area contributed by atoms with Crippen LogP contribution in [0.5, 0.6) is 0 Å². The van der Waals surface area contributed by atoms with Crippen molar-refractivity contribution in [3.8, 4) is 0 Å². The first-order valence-electron chi connectivity index (χ1n) is 15.8. The Hall–Kier alpha value is -3.56. The van der Waals surface area contributed by atoms with Gasteiger partial charge in [-0.25, -0.2) is 4.39 Å². The molecule has 0 aromatic heterocycles. The van der Waals surface area contributed by atoms with E-state index in [1.54, 1.807) is 11.0 Å². The molecule has 2 saturated heterocycles. The molecule has 238 valence electrons. The van der Waals surface area contributed by atoms with Crippen molar-refractivity contribution < 1.29 is 23.6 Å². The molecule has 4 aliphatic rings. The number of carbonyl (C=O) groups excluding carboxylic acids is 4. The first kappa shape index (κ1) is 31.4. The molecule has 0 radical (unpaired) electrons. The number of carbonyl (C=O) groups is 4. The Kier molecular flexibility index (Phi) is 8.37. The minimum atomic E-state index is -0.846. The molecule has 45 heavy (non-hydrogen) atoms. The van der Waals surface area contributed by atoms with Crippen LogP contribution in [0, 0.1) is 11.2 Å². The van der Waals surface area contributed by atoms with Crippen LogP contribution in [0.15, 0.2) is 42.0 Å². The molecule has 0 saturated carbocycles. The summed E-state index contributed by atoms with van der Waals surface area (Å²) in [7, 11) is 0. The zero-order chi connectivity index (χ0) is 32.2. The van der Waals surface area contributed by atoms with Crippen molar-refractivity contribution in [1.82, 2.24) is 20.0 Å². The number of piperazine rings is 1. The maximum Gasteiger partial charge on any atom is 0.258 e. The number of hydrogen-bond acceptors (Lipinski definition) is 5. The number of hydrogen-bond donors (Lipinski definition) is 1. The lowest BCUT2D eigenvalue weighted by molar-refractivity contribution is -0.136. The fraction of sp³-hybridized carbons (Fsp3) is 0.486. The summed E-state index contributed by atoms with van der Waals surface area (Å²) in [6, 6.07) is 10.1. The molecule has 4 amide bonds. The fourth-order valence-corrected chi connectivity index (χ4v) is 7.61. The number of halogens is 2. The Morgan fingerprint density at radius 1 is 1.04 bits per heavy atom. The Balaban J connectivity index is 1.18. The van der Waals surface area contributed by atoms with E-state index in [-0.39, 0.29) is 59.8 Å². The standard InChI is InChI=1S/C35H40ClFN4O4/c1-20-16-39(17-21(2)40(20)18-23-11-12-35(3,4)15-27(23)22-5-7-26(36)8-6-22)33(44)24-13-25-19-41(34(45)31(25)28(37)14-24)29-9-10-30(42)38-32(29)43/h5-8,13-14,20-21,29H,9-12,15-19H2,1-4H3,(H,38,42,43). The van der Waals surface area contributed by atoms with Gasteiger partial charge in [0.25, 0.3) is 11.8 Å². The van der Waals surface area contributed by atoms with Gasteiger partial charge in [-0.15, -0.1) is 0 Å². The molecule has 1 aliphatic carbocycles. The van der Waals surface area contributed by atoms with E-state index in [0.717, 1.165) is 36.9 Å². The van der Waals surface area contributed by atoms with E-state index in [2.05, 4.69) is 50.0 Å². The zero-order valence-electron chi connectivity index (χ0n) is 26.3. The largest absolute Gasteiger partial charge is 0.336 e. The van der Waals surface area contributed by atoms with Gasteiger partial charge in [-0.1, -0.05) is 43.2 Å². The van der Waals surface area contributed by atoms with Gasteiger partial charge < -0.3 is 9.80 Å². The van der Waals surface area contributed by atoms with Crippen LogP contribution in [-0.2, 0) is 16.1 Å². The number of benzene rings is 2. The lowest BCUT2D eigenvalue weighted by Gasteiger charge is -2.46. The summed E-state index contributed by atoms with van der Waals surface area (Å²) in [4.78, 5) is 56.4. The van der Waals surface area contributed by atoms with Crippen molar-refractivity contribution in [1.29, 1.82) is 0 Å². The second-order valence-corrected chi connectivity index (χ2v) is 14.3. The van der Waals surface area contributed by atoms with Crippen LogP contribution in [0.4, 0.5) is 4.39 Å². The number of rotatable bonds is 5. The molecule has 3 aliphatic heterocycles. The minimum Gasteiger partial charge on any atom is -0.336 e. The third-order valence-electron chi connectivity index (χ3n) is 9.96. The maximum atomic E-state index is 15.4. The van der Waals surface area contributed by atoms with Crippen molar-refractivity contribution in [2.24, 2.45) is 5.41 Å². The lowest BCUT2D eigenvalue weighted by Crippen LogP contribution is -2.58. The van der Waals surface area contributed by atoms with Gasteiger partial charge in [-0.3, -0.25) is 29.4 Å². The Bertz CT molecular complexity index is 1590. The van der Waals surface area contributed by atoms with Crippen LogP contribution in [0.3, 0.4) is 0 Å². The molecular weight excluding hydrogens is 595 g/mol. The molecule has 1 N–H and O–H groups in total. The topological polar surface area (TPSA) is 90.0 Å². The average Bonchev–Trinajstić information content (AvgIpc) is 3.31. The molecule has 2 fully saturated rings. The number of amides is 4. The maximum absolute atomic E-state index is 15.4. The molecular formula is C35H40ClFN4O4. The Morgan fingerprint density at radius 2 is 1.73 bits per heavy atom. The summed E-state index contributed by atoms with van der Waals surface area (Å²) >= 11 is 6.19. The van der Waals surface area contributed by atoms with Crippen molar-refractivity contribution in [2.45, 2.75) is 84.5 Å². The van der Waals surface area contributed by atoms with Gasteiger partial charge in [0.2, 0.25) is 11.8 Å². The van der Waals surface area contributed by atoms with E-state index in [1.807, 2.05) is 12.1 Å². The van der Waals surface area contributed by atoms with Crippen LogP contribution in [0.2, 0.25) is 5.02 Å². The van der Waals surface area contributed by atoms with E-state index < -0.39 is 23.7 Å². The summed E-state index contributed by atoms with van der Waals surface area (Å²) in [6.45, 7) is 10.7. The van der Waals surface area contributed by atoms with Crippen molar-refractivity contribution in [2.75, 3.05) is 19.6 Å². The number of fused-ring (bicyclic) bond motifs is 1. The van der Waals surface area contributed by atoms with Gasteiger partial charge in [0.1, 0.15) is 11.9 Å². The molecule has 2 aromatic rings. The first-order chi connectivity index (χ1) is 21.3. The van der Waals surface area contributed by atoms with E-state index in [1.165, 1.54) is 21.6 Å². The lowest BCUT2D eigenvalue weighted by atomic mass is 9.72. The highest BCUT2D eigenvalue weighted by atomic mass is 35.5. The second kappa shape index (κ2) is 12.0.